The Labute approximate surface area is 84.0 Å². The lowest BCUT2D eigenvalue weighted by Crippen LogP contribution is -2.31. The minimum Gasteiger partial charge on any atom is -0.368 e. The summed E-state index contributed by atoms with van der Waals surface area (Å²) in [4.78, 5) is 22.0. The van der Waals surface area contributed by atoms with E-state index in [1.165, 1.54) is 0 Å². The van der Waals surface area contributed by atoms with Crippen molar-refractivity contribution in [3.05, 3.63) is 0 Å². The molecule has 1 aliphatic carbocycles. The zero-order valence-corrected chi connectivity index (χ0v) is 8.54. The Bertz CT molecular complexity index is 205. The number of nitrogens with one attached hydrogen (secondary N) is 1. The number of ether oxygens (including phenoxy) is 1. The van der Waals surface area contributed by atoms with Crippen molar-refractivity contribution in [2.45, 2.75) is 38.7 Å². The van der Waals surface area contributed by atoms with Crippen LogP contribution in [0.15, 0.2) is 0 Å². The minimum absolute atomic E-state index is 0.0793. The Kier molecular flexibility index (Phi) is 4.59. The highest BCUT2D eigenvalue weighted by molar-refractivity contribution is 5.79. The SMILES string of the molecule is CCNC(=O)COC1CCC(=O)CC1. The van der Waals surface area contributed by atoms with Gasteiger partial charge in [0.15, 0.2) is 0 Å². The summed E-state index contributed by atoms with van der Waals surface area (Å²) >= 11 is 0. The second-order valence-electron chi connectivity index (χ2n) is 3.50. The molecule has 1 rings (SSSR count). The molecule has 0 unspecified atom stereocenters. The lowest BCUT2D eigenvalue weighted by molar-refractivity contribution is -0.130. The van der Waals surface area contributed by atoms with Crippen molar-refractivity contribution in [2.75, 3.05) is 13.2 Å². The second-order valence-corrected chi connectivity index (χ2v) is 3.50. The molecule has 1 amide bonds. The molecule has 0 atom stereocenters. The molecule has 1 aliphatic rings. The van der Waals surface area contributed by atoms with Crippen LogP contribution < -0.4 is 5.32 Å². The maximum atomic E-state index is 11.0. The van der Waals surface area contributed by atoms with E-state index in [1.807, 2.05) is 6.92 Å². The zero-order valence-electron chi connectivity index (χ0n) is 8.54. The number of hydrogen-bond donors (Lipinski definition) is 1. The van der Waals surface area contributed by atoms with E-state index in [1.54, 1.807) is 0 Å². The number of carbonyl (C=O) groups excluding carboxylic acids is 2. The Morgan fingerprint density at radius 1 is 1.50 bits per heavy atom. The fourth-order valence-electron chi connectivity index (χ4n) is 1.52. The van der Waals surface area contributed by atoms with Gasteiger partial charge in [-0.05, 0) is 19.8 Å². The summed E-state index contributed by atoms with van der Waals surface area (Å²) < 4.78 is 5.38. The minimum atomic E-state index is -0.0793. The van der Waals surface area contributed by atoms with Gasteiger partial charge in [0.1, 0.15) is 12.4 Å². The third-order valence-electron chi connectivity index (χ3n) is 2.31. The molecule has 80 valence electrons. The zero-order chi connectivity index (χ0) is 10.4. The molecule has 0 spiro atoms. The van der Waals surface area contributed by atoms with Crippen LogP contribution >= 0.6 is 0 Å². The van der Waals surface area contributed by atoms with Crippen LogP contribution in [0.2, 0.25) is 0 Å². The van der Waals surface area contributed by atoms with Gasteiger partial charge in [-0.15, -0.1) is 0 Å². The van der Waals surface area contributed by atoms with E-state index >= 15 is 0 Å². The summed E-state index contributed by atoms with van der Waals surface area (Å²) in [6.07, 6.45) is 2.81. The number of Topliss-reactive ketones (excluding diaryl/α,β-unsaturated/α-hetero) is 1. The summed E-state index contributed by atoms with van der Waals surface area (Å²) in [6, 6.07) is 0. The van der Waals surface area contributed by atoms with Crippen LogP contribution in [-0.4, -0.2) is 30.9 Å². The molecule has 0 radical (unpaired) electrons. The van der Waals surface area contributed by atoms with E-state index in [2.05, 4.69) is 5.32 Å². The van der Waals surface area contributed by atoms with Gasteiger partial charge in [0.05, 0.1) is 6.10 Å². The highest BCUT2D eigenvalue weighted by Crippen LogP contribution is 2.17. The maximum Gasteiger partial charge on any atom is 0.246 e. The van der Waals surface area contributed by atoms with Gasteiger partial charge < -0.3 is 10.1 Å². The van der Waals surface area contributed by atoms with Gasteiger partial charge >= 0.3 is 0 Å². The quantitative estimate of drug-likeness (QED) is 0.723. The predicted octanol–water partition coefficient (Wildman–Crippen LogP) is 0.651. The molecular weight excluding hydrogens is 182 g/mol. The van der Waals surface area contributed by atoms with E-state index in [0.29, 0.717) is 25.2 Å². The van der Waals surface area contributed by atoms with Crippen LogP contribution in [0.3, 0.4) is 0 Å². The number of amides is 1. The van der Waals surface area contributed by atoms with Crippen molar-refractivity contribution >= 4 is 11.7 Å². The first kappa shape index (κ1) is 11.2. The molecule has 0 heterocycles. The van der Waals surface area contributed by atoms with Gasteiger partial charge in [-0.3, -0.25) is 9.59 Å². The predicted molar refractivity (Wildman–Crippen MR) is 51.9 cm³/mol. The van der Waals surface area contributed by atoms with Crippen molar-refractivity contribution in [1.82, 2.24) is 5.32 Å². The lowest BCUT2D eigenvalue weighted by Gasteiger charge is -2.20. The number of hydrogen-bond acceptors (Lipinski definition) is 3. The average Bonchev–Trinajstić information content (AvgIpc) is 2.17. The van der Waals surface area contributed by atoms with E-state index < -0.39 is 0 Å². The lowest BCUT2D eigenvalue weighted by atomic mass is 9.96. The van der Waals surface area contributed by atoms with Gasteiger partial charge in [-0.2, -0.15) is 0 Å². The number of ketones is 1. The van der Waals surface area contributed by atoms with Gasteiger partial charge in [-0.25, -0.2) is 0 Å². The third-order valence-corrected chi connectivity index (χ3v) is 2.31. The highest BCUT2D eigenvalue weighted by Gasteiger charge is 2.19. The molecule has 1 N–H and O–H groups in total. The monoisotopic (exact) mass is 199 g/mol. The summed E-state index contributed by atoms with van der Waals surface area (Å²) in [6.45, 7) is 2.62. The molecule has 0 saturated heterocycles. The molecule has 0 aromatic heterocycles. The van der Waals surface area contributed by atoms with Crippen LogP contribution in [0, 0.1) is 0 Å². The third kappa shape index (κ3) is 3.87. The van der Waals surface area contributed by atoms with Crippen LogP contribution in [0.1, 0.15) is 32.6 Å². The first-order valence-corrected chi connectivity index (χ1v) is 5.12. The molecule has 0 aromatic rings. The molecule has 4 heteroatoms. The highest BCUT2D eigenvalue weighted by atomic mass is 16.5. The summed E-state index contributed by atoms with van der Waals surface area (Å²) in [5.41, 5.74) is 0. The van der Waals surface area contributed by atoms with Crippen LogP contribution in [0.4, 0.5) is 0 Å². The smallest absolute Gasteiger partial charge is 0.246 e. The van der Waals surface area contributed by atoms with E-state index in [4.69, 9.17) is 4.74 Å². The van der Waals surface area contributed by atoms with Crippen molar-refractivity contribution in [3.8, 4) is 0 Å². The normalized spacial score (nSPS) is 18.2. The first-order valence-electron chi connectivity index (χ1n) is 5.12. The van der Waals surface area contributed by atoms with Crippen LogP contribution in [0.5, 0.6) is 0 Å². The summed E-state index contributed by atoms with van der Waals surface area (Å²) in [7, 11) is 0. The van der Waals surface area contributed by atoms with E-state index in [0.717, 1.165) is 12.8 Å². The Morgan fingerprint density at radius 2 is 2.14 bits per heavy atom. The van der Waals surface area contributed by atoms with Gasteiger partial charge in [0.2, 0.25) is 5.91 Å². The van der Waals surface area contributed by atoms with Gasteiger partial charge in [0, 0.05) is 19.4 Å². The summed E-state index contributed by atoms with van der Waals surface area (Å²) in [5, 5.41) is 2.66. The molecule has 0 aliphatic heterocycles. The van der Waals surface area contributed by atoms with Crippen molar-refractivity contribution in [1.29, 1.82) is 0 Å². The second kappa shape index (κ2) is 5.75. The molecule has 0 aromatic carbocycles. The van der Waals surface area contributed by atoms with Crippen molar-refractivity contribution in [3.63, 3.8) is 0 Å². The number of rotatable bonds is 4. The first-order chi connectivity index (χ1) is 6.72. The van der Waals surface area contributed by atoms with Crippen molar-refractivity contribution in [2.24, 2.45) is 0 Å². The standard InChI is InChI=1S/C10H17NO3/c1-2-11-10(13)7-14-9-5-3-8(12)4-6-9/h9H,2-7H2,1H3,(H,11,13). The topological polar surface area (TPSA) is 55.4 Å². The fourth-order valence-corrected chi connectivity index (χ4v) is 1.52. The molecule has 4 nitrogen and oxygen atoms in total. The molecular formula is C10H17NO3. The molecule has 14 heavy (non-hydrogen) atoms. The Hall–Kier alpha value is -0.900. The Morgan fingerprint density at radius 3 is 2.71 bits per heavy atom. The maximum absolute atomic E-state index is 11.0. The summed E-state index contributed by atoms with van der Waals surface area (Å²) in [5.74, 6) is 0.229. The van der Waals surface area contributed by atoms with Gasteiger partial charge in [0.25, 0.3) is 0 Å². The molecule has 0 bridgehead atoms. The largest absolute Gasteiger partial charge is 0.368 e. The fraction of sp³-hybridized carbons (Fsp3) is 0.800. The van der Waals surface area contributed by atoms with Crippen LogP contribution in [0.25, 0.3) is 0 Å². The molecule has 1 fully saturated rings. The number of carbonyl (C=O) groups is 2. The molecule has 1 saturated carbocycles. The van der Waals surface area contributed by atoms with Crippen molar-refractivity contribution < 1.29 is 14.3 Å². The van der Waals surface area contributed by atoms with E-state index in [-0.39, 0.29) is 18.6 Å². The van der Waals surface area contributed by atoms with Gasteiger partial charge in [-0.1, -0.05) is 0 Å². The average molecular weight is 199 g/mol. The van der Waals surface area contributed by atoms with E-state index in [9.17, 15) is 9.59 Å². The van der Waals surface area contributed by atoms with Crippen LogP contribution in [-0.2, 0) is 14.3 Å². The number of likely N-dealkylation sites (N-methyl/N-ethyl adjacent to an activating group) is 1. The Balaban J connectivity index is 2.12.